The molecule has 0 saturated carbocycles. The van der Waals surface area contributed by atoms with Crippen molar-refractivity contribution < 1.29 is 9.59 Å². The highest BCUT2D eigenvalue weighted by atomic mass is 16.2. The molecule has 25 heavy (non-hydrogen) atoms. The van der Waals surface area contributed by atoms with Crippen molar-refractivity contribution in [3.8, 4) is 0 Å². The van der Waals surface area contributed by atoms with Crippen LogP contribution in [0.25, 0.3) is 10.9 Å². The number of carbonyl (C=O) groups excluding carboxylic acids is 2. The van der Waals surface area contributed by atoms with Crippen LogP contribution >= 0.6 is 0 Å². The van der Waals surface area contributed by atoms with Gasteiger partial charge in [0, 0.05) is 35.8 Å². The minimum atomic E-state index is -0.123. The molecular weight excluding hydrogens is 314 g/mol. The Morgan fingerprint density at radius 3 is 2.52 bits per heavy atom. The second-order valence-electron chi connectivity index (χ2n) is 7.04. The largest absolute Gasteiger partial charge is 0.339 e. The van der Waals surface area contributed by atoms with Crippen molar-refractivity contribution in [2.75, 3.05) is 18.4 Å². The molecule has 5 nitrogen and oxygen atoms in total. The number of likely N-dealkylation sites (tertiary alicyclic amines) is 1. The van der Waals surface area contributed by atoms with Crippen LogP contribution < -0.4 is 5.32 Å². The van der Waals surface area contributed by atoms with Gasteiger partial charge in [0.15, 0.2) is 0 Å². The Kier molecular flexibility index (Phi) is 5.02. The molecule has 1 aromatic heterocycles. The van der Waals surface area contributed by atoms with Crippen LogP contribution in [0.1, 0.15) is 49.2 Å². The molecule has 0 radical (unpaired) electrons. The number of anilines is 1. The Morgan fingerprint density at radius 1 is 1.12 bits per heavy atom. The van der Waals surface area contributed by atoms with Gasteiger partial charge in [0.2, 0.25) is 5.91 Å². The maximum Gasteiger partial charge on any atom is 0.254 e. The molecular formula is C20H25N3O2. The molecule has 1 saturated heterocycles. The molecule has 2 amide bonds. The molecule has 0 bridgehead atoms. The lowest BCUT2D eigenvalue weighted by atomic mass is 10.0. The normalized spacial score (nSPS) is 14.8. The maximum atomic E-state index is 13.1. The lowest BCUT2D eigenvalue weighted by Gasteiger charge is -2.27. The number of nitrogens with zero attached hydrogens (tertiary/aromatic N) is 2. The van der Waals surface area contributed by atoms with Gasteiger partial charge in [0.05, 0.1) is 11.1 Å². The fourth-order valence-corrected chi connectivity index (χ4v) is 3.14. The first-order chi connectivity index (χ1) is 12.0. The van der Waals surface area contributed by atoms with Crippen LogP contribution in [0.5, 0.6) is 0 Å². The summed E-state index contributed by atoms with van der Waals surface area (Å²) < 4.78 is 0. The highest BCUT2D eigenvalue weighted by molar-refractivity contribution is 6.08. The summed E-state index contributed by atoms with van der Waals surface area (Å²) in [6.45, 7) is 7.20. The molecule has 132 valence electrons. The minimum absolute atomic E-state index is 0.0241. The molecule has 1 aliphatic rings. The summed E-state index contributed by atoms with van der Waals surface area (Å²) in [6, 6.07) is 7.50. The Bertz CT molecular complexity index is 808. The molecule has 5 heteroatoms. The number of nitrogens with one attached hydrogen (secondary N) is 1. The lowest BCUT2D eigenvalue weighted by Crippen LogP contribution is -2.35. The van der Waals surface area contributed by atoms with Crippen LogP contribution in [-0.4, -0.2) is 34.8 Å². The van der Waals surface area contributed by atoms with Crippen molar-refractivity contribution in [1.29, 1.82) is 0 Å². The Labute approximate surface area is 148 Å². The molecule has 1 aliphatic heterocycles. The van der Waals surface area contributed by atoms with E-state index in [1.54, 1.807) is 6.07 Å². The summed E-state index contributed by atoms with van der Waals surface area (Å²) in [5, 5.41) is 3.74. The molecule has 0 unspecified atom stereocenters. The third-order valence-corrected chi connectivity index (χ3v) is 4.61. The van der Waals surface area contributed by atoms with Crippen LogP contribution in [0.4, 0.5) is 5.69 Å². The van der Waals surface area contributed by atoms with Gasteiger partial charge >= 0.3 is 0 Å². The SMILES string of the molecule is Cc1ccc2c(C(=O)N3CCCCC3)cc(NC(=O)C(C)C)cc2n1. The van der Waals surface area contributed by atoms with E-state index in [9.17, 15) is 9.59 Å². The minimum Gasteiger partial charge on any atom is -0.339 e. The molecule has 0 spiro atoms. The van der Waals surface area contributed by atoms with Crippen molar-refractivity contribution in [1.82, 2.24) is 9.88 Å². The topological polar surface area (TPSA) is 62.3 Å². The number of piperidine rings is 1. The molecule has 1 aromatic carbocycles. The van der Waals surface area contributed by atoms with Crippen LogP contribution in [-0.2, 0) is 4.79 Å². The van der Waals surface area contributed by atoms with Gasteiger partial charge in [0.1, 0.15) is 0 Å². The fraction of sp³-hybridized carbons (Fsp3) is 0.450. The number of aromatic nitrogens is 1. The highest BCUT2D eigenvalue weighted by Crippen LogP contribution is 2.26. The van der Waals surface area contributed by atoms with Crippen molar-refractivity contribution in [3.05, 3.63) is 35.5 Å². The van der Waals surface area contributed by atoms with E-state index < -0.39 is 0 Å². The summed E-state index contributed by atoms with van der Waals surface area (Å²) in [5.41, 5.74) is 2.87. The lowest BCUT2D eigenvalue weighted by molar-refractivity contribution is -0.118. The van der Waals surface area contributed by atoms with Gasteiger partial charge in [-0.25, -0.2) is 0 Å². The van der Waals surface area contributed by atoms with Crippen LogP contribution in [0, 0.1) is 12.8 Å². The maximum absolute atomic E-state index is 13.1. The Hall–Kier alpha value is -2.43. The van der Waals surface area contributed by atoms with E-state index in [-0.39, 0.29) is 17.7 Å². The van der Waals surface area contributed by atoms with Crippen molar-refractivity contribution in [2.45, 2.75) is 40.0 Å². The van der Waals surface area contributed by atoms with Gasteiger partial charge in [-0.3, -0.25) is 14.6 Å². The number of amides is 2. The van der Waals surface area contributed by atoms with E-state index in [2.05, 4.69) is 10.3 Å². The average Bonchev–Trinajstić information content (AvgIpc) is 2.60. The van der Waals surface area contributed by atoms with Crippen LogP contribution in [0.3, 0.4) is 0 Å². The van der Waals surface area contributed by atoms with Gasteiger partial charge in [-0.15, -0.1) is 0 Å². The van der Waals surface area contributed by atoms with Gasteiger partial charge in [0.25, 0.3) is 5.91 Å². The van der Waals surface area contributed by atoms with E-state index in [4.69, 9.17) is 0 Å². The van der Waals surface area contributed by atoms with Gasteiger partial charge in [-0.05, 0) is 44.4 Å². The third kappa shape index (κ3) is 3.81. The Balaban J connectivity index is 2.04. The first-order valence-corrected chi connectivity index (χ1v) is 8.97. The van der Waals surface area contributed by atoms with E-state index in [1.807, 2.05) is 43.9 Å². The summed E-state index contributed by atoms with van der Waals surface area (Å²) >= 11 is 0. The predicted molar refractivity (Wildman–Crippen MR) is 99.7 cm³/mol. The molecule has 0 aliphatic carbocycles. The molecule has 2 aromatic rings. The quantitative estimate of drug-likeness (QED) is 0.926. The monoisotopic (exact) mass is 339 g/mol. The first-order valence-electron chi connectivity index (χ1n) is 8.97. The Morgan fingerprint density at radius 2 is 1.84 bits per heavy atom. The number of aryl methyl sites for hydroxylation is 1. The van der Waals surface area contributed by atoms with Crippen molar-refractivity contribution in [3.63, 3.8) is 0 Å². The van der Waals surface area contributed by atoms with E-state index in [0.717, 1.165) is 42.5 Å². The zero-order chi connectivity index (χ0) is 18.0. The van der Waals surface area contributed by atoms with E-state index in [0.29, 0.717) is 11.3 Å². The standard InChI is InChI=1S/C20H25N3O2/c1-13(2)19(24)22-15-11-17(20(25)23-9-5-4-6-10-23)16-8-7-14(3)21-18(16)12-15/h7-8,11-13H,4-6,9-10H2,1-3H3,(H,22,24). The molecule has 1 fully saturated rings. The van der Waals surface area contributed by atoms with Crippen molar-refractivity contribution >= 4 is 28.4 Å². The van der Waals surface area contributed by atoms with E-state index in [1.165, 1.54) is 6.42 Å². The second kappa shape index (κ2) is 7.21. The van der Waals surface area contributed by atoms with Gasteiger partial charge in [-0.2, -0.15) is 0 Å². The molecule has 3 rings (SSSR count). The van der Waals surface area contributed by atoms with Crippen molar-refractivity contribution in [2.24, 2.45) is 5.92 Å². The molecule has 0 atom stereocenters. The number of pyridine rings is 1. The van der Waals surface area contributed by atoms with Crippen LogP contribution in [0.15, 0.2) is 24.3 Å². The second-order valence-corrected chi connectivity index (χ2v) is 7.04. The number of hydrogen-bond acceptors (Lipinski definition) is 3. The summed E-state index contributed by atoms with van der Waals surface area (Å²) in [5.74, 6) is -0.165. The van der Waals surface area contributed by atoms with Crippen LogP contribution in [0.2, 0.25) is 0 Å². The van der Waals surface area contributed by atoms with Gasteiger partial charge < -0.3 is 10.2 Å². The molecule has 1 N–H and O–H groups in total. The predicted octanol–water partition coefficient (Wildman–Crippen LogP) is 3.76. The smallest absolute Gasteiger partial charge is 0.254 e. The fourth-order valence-electron chi connectivity index (χ4n) is 3.14. The summed E-state index contributed by atoms with van der Waals surface area (Å²) in [7, 11) is 0. The number of benzene rings is 1. The zero-order valence-corrected chi connectivity index (χ0v) is 15.1. The van der Waals surface area contributed by atoms with Gasteiger partial charge in [-0.1, -0.05) is 19.9 Å². The highest BCUT2D eigenvalue weighted by Gasteiger charge is 2.21. The third-order valence-electron chi connectivity index (χ3n) is 4.61. The first kappa shape index (κ1) is 17.4. The molecule has 2 heterocycles. The summed E-state index contributed by atoms with van der Waals surface area (Å²) in [6.07, 6.45) is 3.27. The number of fused-ring (bicyclic) bond motifs is 1. The average molecular weight is 339 g/mol. The summed E-state index contributed by atoms with van der Waals surface area (Å²) in [4.78, 5) is 31.6. The van der Waals surface area contributed by atoms with E-state index >= 15 is 0 Å². The number of hydrogen-bond donors (Lipinski definition) is 1. The number of rotatable bonds is 3. The zero-order valence-electron chi connectivity index (χ0n) is 15.1. The number of carbonyl (C=O) groups is 2.